The van der Waals surface area contributed by atoms with E-state index >= 15 is 0 Å². The Morgan fingerprint density at radius 3 is 2.44 bits per heavy atom. The number of hydrogen-bond acceptors (Lipinski definition) is 5. The molecule has 0 aliphatic heterocycles. The number of carboxylic acid groups (broad SMARTS) is 1. The van der Waals surface area contributed by atoms with Crippen LogP contribution in [0.15, 0.2) is 36.9 Å². The van der Waals surface area contributed by atoms with Crippen LogP contribution in [-0.2, 0) is 19.7 Å². The summed E-state index contributed by atoms with van der Waals surface area (Å²) in [4.78, 5) is 34.2. The Morgan fingerprint density at radius 1 is 1.36 bits per heavy atom. The molecular weight excluding hydrogens is 326 g/mol. The van der Waals surface area contributed by atoms with Crippen molar-refractivity contribution in [1.29, 1.82) is 0 Å². The van der Waals surface area contributed by atoms with Gasteiger partial charge in [-0.05, 0) is 19.8 Å². The van der Waals surface area contributed by atoms with Gasteiger partial charge < -0.3 is 9.84 Å². The number of rotatable bonds is 9. The van der Waals surface area contributed by atoms with Gasteiger partial charge in [0.05, 0.1) is 11.5 Å². The smallest absolute Gasteiger partial charge is 0.317 e. The van der Waals surface area contributed by atoms with Crippen molar-refractivity contribution in [1.82, 2.24) is 0 Å². The second kappa shape index (κ2) is 11.0. The van der Waals surface area contributed by atoms with E-state index in [9.17, 15) is 19.7 Å². The second-order valence-electron chi connectivity index (χ2n) is 4.96. The van der Waals surface area contributed by atoms with Crippen molar-refractivity contribution in [3.8, 4) is 0 Å². The molecular formula is C18H25NO6. The molecule has 1 rings (SSSR count). The van der Waals surface area contributed by atoms with Crippen molar-refractivity contribution in [2.75, 3.05) is 6.61 Å². The fraction of sp³-hybridized carbons (Fsp3) is 0.444. The molecule has 0 amide bonds. The first-order valence-corrected chi connectivity index (χ1v) is 8.13. The number of nitro groups is 1. The molecule has 138 valence electrons. The summed E-state index contributed by atoms with van der Waals surface area (Å²) in [6.07, 6.45) is 1.05. The number of carbonyl (C=O) groups excluding carboxylic acids is 1. The number of hydrogen-bond donors (Lipinski definition) is 1. The third kappa shape index (κ3) is 5.70. The first-order valence-electron chi connectivity index (χ1n) is 8.13. The van der Waals surface area contributed by atoms with Gasteiger partial charge in [0.2, 0.25) is 0 Å². The van der Waals surface area contributed by atoms with E-state index in [-0.39, 0.29) is 37.1 Å². The summed E-state index contributed by atoms with van der Waals surface area (Å²) in [6.45, 7) is 9.30. The van der Waals surface area contributed by atoms with Gasteiger partial charge in [-0.2, -0.15) is 0 Å². The molecule has 0 saturated carbocycles. The Hall–Kier alpha value is -2.70. The topological polar surface area (TPSA) is 107 Å². The summed E-state index contributed by atoms with van der Waals surface area (Å²) in [6, 6.07) is 5.80. The number of para-hydroxylation sites is 1. The molecule has 1 aromatic carbocycles. The molecule has 0 saturated heterocycles. The highest BCUT2D eigenvalue weighted by molar-refractivity contribution is 5.86. The van der Waals surface area contributed by atoms with Crippen LogP contribution in [0.5, 0.6) is 0 Å². The van der Waals surface area contributed by atoms with Gasteiger partial charge >= 0.3 is 11.9 Å². The number of esters is 1. The van der Waals surface area contributed by atoms with Crippen molar-refractivity contribution >= 4 is 17.6 Å². The van der Waals surface area contributed by atoms with Crippen LogP contribution in [0.4, 0.5) is 5.69 Å². The van der Waals surface area contributed by atoms with E-state index in [0.717, 1.165) is 0 Å². The predicted octanol–water partition coefficient (Wildman–Crippen LogP) is 3.86. The van der Waals surface area contributed by atoms with Crippen LogP contribution in [0.1, 0.15) is 45.6 Å². The highest BCUT2D eigenvalue weighted by Gasteiger charge is 2.44. The molecule has 25 heavy (non-hydrogen) atoms. The van der Waals surface area contributed by atoms with Crippen LogP contribution in [0.3, 0.4) is 0 Å². The van der Waals surface area contributed by atoms with Crippen molar-refractivity contribution in [2.24, 2.45) is 0 Å². The van der Waals surface area contributed by atoms with Crippen LogP contribution in [0.25, 0.3) is 0 Å². The average molecular weight is 351 g/mol. The Kier molecular flexibility index (Phi) is 9.78. The largest absolute Gasteiger partial charge is 0.481 e. The van der Waals surface area contributed by atoms with Crippen molar-refractivity contribution in [2.45, 2.75) is 45.4 Å². The van der Waals surface area contributed by atoms with Crippen LogP contribution < -0.4 is 0 Å². The molecule has 0 heterocycles. The predicted molar refractivity (Wildman–Crippen MR) is 94.4 cm³/mol. The first-order chi connectivity index (χ1) is 11.9. The van der Waals surface area contributed by atoms with Crippen molar-refractivity contribution in [3.05, 3.63) is 52.6 Å². The highest BCUT2D eigenvalue weighted by atomic mass is 16.6. The zero-order valence-corrected chi connectivity index (χ0v) is 14.9. The van der Waals surface area contributed by atoms with E-state index in [1.54, 1.807) is 13.0 Å². The van der Waals surface area contributed by atoms with E-state index in [2.05, 4.69) is 6.58 Å². The summed E-state index contributed by atoms with van der Waals surface area (Å²) >= 11 is 0. The van der Waals surface area contributed by atoms with Crippen LogP contribution >= 0.6 is 0 Å². The SMILES string of the molecule is C=CCC(CCC(=O)O)(C(=O)OCC)c1ccccc1[N+](=O)[O-].CC. The number of benzene rings is 1. The summed E-state index contributed by atoms with van der Waals surface area (Å²) in [5.74, 6) is -1.78. The van der Waals surface area contributed by atoms with Crippen LogP contribution in [0, 0.1) is 10.1 Å². The number of aliphatic carboxylic acids is 1. The lowest BCUT2D eigenvalue weighted by Gasteiger charge is -2.30. The van der Waals surface area contributed by atoms with E-state index in [1.165, 1.54) is 24.3 Å². The van der Waals surface area contributed by atoms with E-state index in [4.69, 9.17) is 9.84 Å². The zero-order valence-electron chi connectivity index (χ0n) is 14.9. The first kappa shape index (κ1) is 22.3. The molecule has 0 bridgehead atoms. The maximum Gasteiger partial charge on any atom is 0.317 e. The fourth-order valence-corrected chi connectivity index (χ4v) is 2.52. The normalized spacial score (nSPS) is 12.1. The van der Waals surface area contributed by atoms with E-state index in [1.807, 2.05) is 13.8 Å². The van der Waals surface area contributed by atoms with E-state index < -0.39 is 22.3 Å². The molecule has 1 aromatic rings. The van der Waals surface area contributed by atoms with Gasteiger partial charge in [0, 0.05) is 18.1 Å². The number of carbonyl (C=O) groups is 2. The minimum atomic E-state index is -1.44. The summed E-state index contributed by atoms with van der Waals surface area (Å²) in [5.41, 5.74) is -1.54. The third-order valence-corrected chi connectivity index (χ3v) is 3.54. The summed E-state index contributed by atoms with van der Waals surface area (Å²) in [7, 11) is 0. The minimum Gasteiger partial charge on any atom is -0.481 e. The summed E-state index contributed by atoms with van der Waals surface area (Å²) < 4.78 is 5.08. The molecule has 0 radical (unpaired) electrons. The molecule has 7 nitrogen and oxygen atoms in total. The van der Waals surface area contributed by atoms with Gasteiger partial charge in [0.1, 0.15) is 5.41 Å². The van der Waals surface area contributed by atoms with Crippen molar-refractivity contribution < 1.29 is 24.4 Å². The Balaban J connectivity index is 0.00000277. The maximum absolute atomic E-state index is 12.6. The number of nitro benzene ring substituents is 1. The third-order valence-electron chi connectivity index (χ3n) is 3.54. The Bertz CT molecular complexity index is 613. The van der Waals surface area contributed by atoms with E-state index in [0.29, 0.717) is 0 Å². The lowest BCUT2D eigenvalue weighted by Crippen LogP contribution is -2.38. The quantitative estimate of drug-likeness (QED) is 0.313. The van der Waals surface area contributed by atoms with Crippen molar-refractivity contribution in [3.63, 3.8) is 0 Å². The number of nitrogens with zero attached hydrogens (tertiary/aromatic N) is 1. The standard InChI is InChI=1S/C16H19NO6.C2H6/c1-3-10-16(11-9-14(18)19,15(20)23-4-2)12-7-5-6-8-13(12)17(21)22;1-2/h3,5-8H,1,4,9-11H2,2H3,(H,18,19);1-2H3. The molecule has 0 spiro atoms. The molecule has 0 aliphatic carbocycles. The molecule has 1 unspecified atom stereocenters. The monoisotopic (exact) mass is 351 g/mol. The summed E-state index contributed by atoms with van der Waals surface area (Å²) in [5, 5.41) is 20.3. The fourth-order valence-electron chi connectivity index (χ4n) is 2.52. The average Bonchev–Trinajstić information content (AvgIpc) is 2.60. The molecule has 1 atom stereocenters. The number of carboxylic acids is 1. The Morgan fingerprint density at radius 2 is 1.96 bits per heavy atom. The molecule has 0 fully saturated rings. The molecule has 0 aliphatic rings. The number of allylic oxidation sites excluding steroid dienone is 1. The molecule has 0 aromatic heterocycles. The van der Waals surface area contributed by atoms with Crippen LogP contribution in [0.2, 0.25) is 0 Å². The lowest BCUT2D eigenvalue weighted by atomic mass is 9.73. The Labute approximate surface area is 147 Å². The van der Waals surface area contributed by atoms with Gasteiger partial charge in [-0.15, -0.1) is 6.58 Å². The molecule has 7 heteroatoms. The number of ether oxygens (including phenoxy) is 1. The van der Waals surface area contributed by atoms with Crippen LogP contribution in [-0.4, -0.2) is 28.6 Å². The lowest BCUT2D eigenvalue weighted by molar-refractivity contribution is -0.386. The van der Waals surface area contributed by atoms with Gasteiger partial charge in [-0.3, -0.25) is 19.7 Å². The zero-order chi connectivity index (χ0) is 19.5. The second-order valence-corrected chi connectivity index (χ2v) is 4.96. The highest BCUT2D eigenvalue weighted by Crippen LogP contribution is 2.40. The molecule has 1 N–H and O–H groups in total. The minimum absolute atomic E-state index is 0.0456. The maximum atomic E-state index is 12.6. The van der Waals surface area contributed by atoms with Gasteiger partial charge in [0.15, 0.2) is 0 Å². The van der Waals surface area contributed by atoms with Gasteiger partial charge in [0.25, 0.3) is 5.69 Å². The van der Waals surface area contributed by atoms with Gasteiger partial charge in [-0.1, -0.05) is 38.1 Å². The van der Waals surface area contributed by atoms with Gasteiger partial charge in [-0.25, -0.2) is 0 Å².